The summed E-state index contributed by atoms with van der Waals surface area (Å²) in [5.41, 5.74) is 0.243. The van der Waals surface area contributed by atoms with Gasteiger partial charge in [-0.2, -0.15) is 0 Å². The predicted molar refractivity (Wildman–Crippen MR) is 90.9 cm³/mol. The van der Waals surface area contributed by atoms with Crippen LogP contribution in [-0.4, -0.2) is 27.2 Å². The van der Waals surface area contributed by atoms with E-state index in [4.69, 9.17) is 14.2 Å². The molecule has 0 fully saturated rings. The summed E-state index contributed by atoms with van der Waals surface area (Å²) in [7, 11) is -2.71. The van der Waals surface area contributed by atoms with Crippen LogP contribution in [0.2, 0.25) is 0 Å². The van der Waals surface area contributed by atoms with Crippen LogP contribution in [0, 0.1) is 10.1 Å². The number of benzene rings is 2. The van der Waals surface area contributed by atoms with E-state index in [2.05, 4.69) is 4.72 Å². The number of hydrogen-bond donors (Lipinski definition) is 1. The Morgan fingerprint density at radius 1 is 1.19 bits per heavy atom. The van der Waals surface area contributed by atoms with Gasteiger partial charge in [0, 0.05) is 12.1 Å². The third-order valence-electron chi connectivity index (χ3n) is 3.89. The Bertz CT molecular complexity index is 959. The van der Waals surface area contributed by atoms with E-state index in [0.717, 1.165) is 6.07 Å². The van der Waals surface area contributed by atoms with Crippen molar-refractivity contribution in [2.45, 2.75) is 17.9 Å². The van der Waals surface area contributed by atoms with Gasteiger partial charge in [-0.1, -0.05) is 6.07 Å². The summed E-state index contributed by atoms with van der Waals surface area (Å²) >= 11 is 0. The van der Waals surface area contributed by atoms with E-state index < -0.39 is 26.7 Å². The van der Waals surface area contributed by atoms with E-state index in [0.29, 0.717) is 17.1 Å². The first-order valence-electron chi connectivity index (χ1n) is 7.56. The van der Waals surface area contributed by atoms with Crippen molar-refractivity contribution >= 4 is 15.7 Å². The van der Waals surface area contributed by atoms with Gasteiger partial charge in [0.25, 0.3) is 0 Å². The van der Waals surface area contributed by atoms with Crippen LogP contribution in [0.25, 0.3) is 0 Å². The van der Waals surface area contributed by atoms with Gasteiger partial charge >= 0.3 is 5.69 Å². The lowest BCUT2D eigenvalue weighted by Gasteiger charge is -2.15. The van der Waals surface area contributed by atoms with Gasteiger partial charge in [0.2, 0.25) is 16.8 Å². The molecule has 0 bridgehead atoms. The van der Waals surface area contributed by atoms with Crippen LogP contribution < -0.4 is 18.9 Å². The number of fused-ring (bicyclic) bond motifs is 1. The van der Waals surface area contributed by atoms with Crippen LogP contribution >= 0.6 is 0 Å². The van der Waals surface area contributed by atoms with Crippen molar-refractivity contribution in [3.05, 3.63) is 52.1 Å². The second kappa shape index (κ2) is 6.81. The van der Waals surface area contributed by atoms with Gasteiger partial charge in [-0.25, -0.2) is 13.1 Å². The number of sulfonamides is 1. The SMILES string of the molecule is COc1ccc(S(=O)(=O)NC(C)c2ccc3c(c2)OCO3)cc1[N+](=O)[O-]. The lowest BCUT2D eigenvalue weighted by atomic mass is 10.1. The first kappa shape index (κ1) is 18.0. The molecule has 26 heavy (non-hydrogen) atoms. The highest BCUT2D eigenvalue weighted by Crippen LogP contribution is 2.35. The number of nitrogens with zero attached hydrogens (tertiary/aromatic N) is 1. The summed E-state index contributed by atoms with van der Waals surface area (Å²) in [6, 6.07) is 7.98. The highest BCUT2D eigenvalue weighted by Gasteiger charge is 2.24. The molecule has 0 saturated carbocycles. The Hall–Kier alpha value is -2.85. The fourth-order valence-corrected chi connectivity index (χ4v) is 3.78. The molecule has 0 saturated heterocycles. The zero-order chi connectivity index (χ0) is 18.9. The van der Waals surface area contributed by atoms with Crippen molar-refractivity contribution in [1.82, 2.24) is 4.72 Å². The Morgan fingerprint density at radius 3 is 2.62 bits per heavy atom. The summed E-state index contributed by atoms with van der Waals surface area (Å²) in [5.74, 6) is 1.11. The van der Waals surface area contributed by atoms with Crippen molar-refractivity contribution in [2.24, 2.45) is 0 Å². The number of nitro benzene ring substituents is 1. The van der Waals surface area contributed by atoms with Crippen LogP contribution in [0.3, 0.4) is 0 Å². The molecule has 0 radical (unpaired) electrons. The summed E-state index contributed by atoms with van der Waals surface area (Å²) in [5, 5.41) is 11.1. The van der Waals surface area contributed by atoms with Crippen LogP contribution in [0.15, 0.2) is 41.3 Å². The van der Waals surface area contributed by atoms with Crippen LogP contribution in [0.4, 0.5) is 5.69 Å². The Morgan fingerprint density at radius 2 is 1.92 bits per heavy atom. The van der Waals surface area contributed by atoms with Gasteiger partial charge in [0.15, 0.2) is 17.2 Å². The van der Waals surface area contributed by atoms with Crippen molar-refractivity contribution in [1.29, 1.82) is 0 Å². The monoisotopic (exact) mass is 380 g/mol. The molecule has 1 N–H and O–H groups in total. The average molecular weight is 380 g/mol. The molecule has 138 valence electrons. The number of ether oxygens (including phenoxy) is 3. The largest absolute Gasteiger partial charge is 0.490 e. The quantitative estimate of drug-likeness (QED) is 0.604. The lowest BCUT2D eigenvalue weighted by Crippen LogP contribution is -2.27. The molecule has 3 rings (SSSR count). The van der Waals surface area contributed by atoms with Gasteiger partial charge in [-0.05, 0) is 36.8 Å². The molecule has 0 amide bonds. The Balaban J connectivity index is 1.86. The fraction of sp³-hybridized carbons (Fsp3) is 0.250. The zero-order valence-corrected chi connectivity index (χ0v) is 14.8. The molecule has 1 aliphatic heterocycles. The summed E-state index contributed by atoms with van der Waals surface area (Å²) < 4.78 is 43.1. The minimum absolute atomic E-state index is 0.0160. The van der Waals surface area contributed by atoms with E-state index in [1.54, 1.807) is 25.1 Å². The third kappa shape index (κ3) is 3.41. The molecule has 9 nitrogen and oxygen atoms in total. The van der Waals surface area contributed by atoms with E-state index in [-0.39, 0.29) is 17.4 Å². The van der Waals surface area contributed by atoms with Gasteiger partial charge in [-0.15, -0.1) is 0 Å². The molecule has 1 atom stereocenters. The van der Waals surface area contributed by atoms with Crippen molar-refractivity contribution < 1.29 is 27.6 Å². The highest BCUT2D eigenvalue weighted by atomic mass is 32.2. The van der Waals surface area contributed by atoms with Crippen molar-refractivity contribution in [3.63, 3.8) is 0 Å². The molecule has 2 aromatic carbocycles. The summed E-state index contributed by atoms with van der Waals surface area (Å²) in [4.78, 5) is 10.2. The topological polar surface area (TPSA) is 117 Å². The molecular formula is C16H16N2O7S. The zero-order valence-electron chi connectivity index (χ0n) is 14.0. The van der Waals surface area contributed by atoms with Gasteiger partial charge in [0.1, 0.15) is 0 Å². The van der Waals surface area contributed by atoms with Crippen molar-refractivity contribution in [2.75, 3.05) is 13.9 Å². The average Bonchev–Trinajstić information content (AvgIpc) is 3.08. The molecule has 2 aromatic rings. The molecule has 1 heterocycles. The fourth-order valence-electron chi connectivity index (χ4n) is 2.53. The van der Waals surface area contributed by atoms with E-state index in [1.165, 1.54) is 19.2 Å². The second-order valence-corrected chi connectivity index (χ2v) is 7.26. The molecule has 1 aliphatic rings. The van der Waals surface area contributed by atoms with Crippen LogP contribution in [0.5, 0.6) is 17.2 Å². The molecule has 0 aliphatic carbocycles. The predicted octanol–water partition coefficient (Wildman–Crippen LogP) is 2.37. The van der Waals surface area contributed by atoms with Gasteiger partial charge < -0.3 is 14.2 Å². The number of nitro groups is 1. The highest BCUT2D eigenvalue weighted by molar-refractivity contribution is 7.89. The Kier molecular flexibility index (Phi) is 4.70. The maximum Gasteiger partial charge on any atom is 0.312 e. The molecule has 0 spiro atoms. The first-order valence-corrected chi connectivity index (χ1v) is 9.04. The molecule has 1 unspecified atom stereocenters. The van der Waals surface area contributed by atoms with Crippen molar-refractivity contribution in [3.8, 4) is 17.2 Å². The molecule has 0 aromatic heterocycles. The van der Waals surface area contributed by atoms with Crippen LogP contribution in [-0.2, 0) is 10.0 Å². The summed E-state index contributed by atoms with van der Waals surface area (Å²) in [6.45, 7) is 1.78. The maximum atomic E-state index is 12.6. The number of methoxy groups -OCH3 is 1. The van der Waals surface area contributed by atoms with E-state index >= 15 is 0 Å². The second-order valence-electron chi connectivity index (χ2n) is 5.55. The smallest absolute Gasteiger partial charge is 0.312 e. The number of rotatable bonds is 6. The number of hydrogen-bond acceptors (Lipinski definition) is 7. The standard InChI is InChI=1S/C16H16N2O7S/c1-10(11-3-5-15-16(7-11)25-9-24-15)17-26(21,22)12-4-6-14(23-2)13(8-12)18(19)20/h3-8,10,17H,9H2,1-2H3. The molecule has 10 heteroatoms. The molecular weight excluding hydrogens is 364 g/mol. The lowest BCUT2D eigenvalue weighted by molar-refractivity contribution is -0.386. The minimum Gasteiger partial charge on any atom is -0.490 e. The number of nitrogens with one attached hydrogen (secondary N) is 1. The van der Waals surface area contributed by atoms with Gasteiger partial charge in [0.05, 0.1) is 16.9 Å². The first-order chi connectivity index (χ1) is 12.3. The summed E-state index contributed by atoms with van der Waals surface area (Å²) in [6.07, 6.45) is 0. The van der Waals surface area contributed by atoms with Gasteiger partial charge in [-0.3, -0.25) is 10.1 Å². The Labute approximate surface area is 149 Å². The normalized spacial score (nSPS) is 14.1. The van der Waals surface area contributed by atoms with E-state index in [1.807, 2.05) is 0 Å². The maximum absolute atomic E-state index is 12.6. The minimum atomic E-state index is -3.98. The van der Waals surface area contributed by atoms with E-state index in [9.17, 15) is 18.5 Å². The third-order valence-corrected chi connectivity index (χ3v) is 5.42. The van der Waals surface area contributed by atoms with Crippen LogP contribution in [0.1, 0.15) is 18.5 Å².